The third kappa shape index (κ3) is 2.33. The molecule has 0 bridgehead atoms. The minimum Gasteiger partial charge on any atom is -0.294 e. The Morgan fingerprint density at radius 2 is 1.90 bits per heavy atom. The molecule has 2 heterocycles. The van der Waals surface area contributed by atoms with E-state index in [2.05, 4.69) is 28.8 Å². The first-order chi connectivity index (χ1) is 9.44. The molecule has 0 N–H and O–H groups in total. The van der Waals surface area contributed by atoms with Crippen LogP contribution in [0.1, 0.15) is 41.9 Å². The predicted octanol–water partition coefficient (Wildman–Crippen LogP) is 3.00. The van der Waals surface area contributed by atoms with E-state index in [4.69, 9.17) is 0 Å². The highest BCUT2D eigenvalue weighted by molar-refractivity contribution is 5.98. The number of aromatic nitrogens is 3. The lowest BCUT2D eigenvalue weighted by molar-refractivity contribution is 0.0910. The largest absolute Gasteiger partial charge is 0.294 e. The number of ketones is 1. The van der Waals surface area contributed by atoms with Crippen LogP contribution in [0, 0.1) is 12.3 Å². The van der Waals surface area contributed by atoms with Crippen LogP contribution in [0.15, 0.2) is 24.5 Å². The van der Waals surface area contributed by atoms with Crippen molar-refractivity contribution in [2.75, 3.05) is 0 Å². The minimum absolute atomic E-state index is 0.0313. The number of Topliss-reactive ketones (excluding diaryl/α,β-unsaturated/α-hetero) is 1. The van der Waals surface area contributed by atoms with Crippen molar-refractivity contribution in [3.05, 3.63) is 41.3 Å². The van der Waals surface area contributed by atoms with Gasteiger partial charge < -0.3 is 0 Å². The van der Waals surface area contributed by atoms with E-state index < -0.39 is 0 Å². The molecule has 0 saturated carbocycles. The highest BCUT2D eigenvalue weighted by atomic mass is 16.1. The van der Waals surface area contributed by atoms with Crippen molar-refractivity contribution in [3.8, 4) is 11.5 Å². The predicted molar refractivity (Wildman–Crippen MR) is 76.4 cm³/mol. The van der Waals surface area contributed by atoms with Crippen molar-refractivity contribution in [3.63, 3.8) is 0 Å². The van der Waals surface area contributed by atoms with Gasteiger partial charge in [-0.15, -0.1) is 0 Å². The lowest BCUT2D eigenvalue weighted by atomic mass is 9.76. The molecule has 0 saturated heterocycles. The molecule has 20 heavy (non-hydrogen) atoms. The van der Waals surface area contributed by atoms with E-state index in [1.165, 1.54) is 0 Å². The molecule has 102 valence electrons. The zero-order valence-electron chi connectivity index (χ0n) is 12.0. The van der Waals surface area contributed by atoms with E-state index in [-0.39, 0.29) is 11.2 Å². The molecule has 0 unspecified atom stereocenters. The van der Waals surface area contributed by atoms with Gasteiger partial charge in [-0.05, 0) is 30.4 Å². The maximum atomic E-state index is 12.1. The zero-order valence-corrected chi connectivity index (χ0v) is 12.0. The van der Waals surface area contributed by atoms with Gasteiger partial charge in [0.05, 0.1) is 11.3 Å². The first-order valence-electron chi connectivity index (χ1n) is 6.77. The molecule has 0 atom stereocenters. The number of hydrogen-bond donors (Lipinski definition) is 0. The molecule has 0 aliphatic heterocycles. The van der Waals surface area contributed by atoms with Crippen molar-refractivity contribution in [2.24, 2.45) is 5.41 Å². The molecule has 0 radical (unpaired) electrons. The third-order valence-corrected chi connectivity index (χ3v) is 3.59. The summed E-state index contributed by atoms with van der Waals surface area (Å²) >= 11 is 0. The first-order valence-corrected chi connectivity index (χ1v) is 6.77. The summed E-state index contributed by atoms with van der Waals surface area (Å²) in [7, 11) is 0. The van der Waals surface area contributed by atoms with Crippen LogP contribution in [0.3, 0.4) is 0 Å². The topological polar surface area (TPSA) is 55.7 Å². The van der Waals surface area contributed by atoms with Gasteiger partial charge in [0.1, 0.15) is 5.69 Å². The Kier molecular flexibility index (Phi) is 2.89. The fourth-order valence-corrected chi connectivity index (χ4v) is 2.55. The van der Waals surface area contributed by atoms with Gasteiger partial charge in [0, 0.05) is 18.8 Å². The van der Waals surface area contributed by atoms with Crippen molar-refractivity contribution >= 4 is 5.78 Å². The second-order valence-electron chi connectivity index (χ2n) is 6.22. The van der Waals surface area contributed by atoms with Crippen molar-refractivity contribution in [2.45, 2.75) is 33.6 Å². The normalized spacial score (nSPS) is 16.9. The molecule has 3 rings (SSSR count). The van der Waals surface area contributed by atoms with Gasteiger partial charge in [-0.25, -0.2) is 9.97 Å². The summed E-state index contributed by atoms with van der Waals surface area (Å²) in [6, 6.07) is 3.90. The molecule has 1 aliphatic rings. The van der Waals surface area contributed by atoms with Gasteiger partial charge in [0.15, 0.2) is 11.6 Å². The minimum atomic E-state index is -0.0313. The highest BCUT2D eigenvalue weighted by Gasteiger charge is 2.32. The highest BCUT2D eigenvalue weighted by Crippen LogP contribution is 2.33. The Hall–Kier alpha value is -2.10. The van der Waals surface area contributed by atoms with Crippen LogP contribution >= 0.6 is 0 Å². The summed E-state index contributed by atoms with van der Waals surface area (Å²) in [5, 5.41) is 0. The average molecular weight is 267 g/mol. The van der Waals surface area contributed by atoms with E-state index in [0.29, 0.717) is 17.8 Å². The molecular weight excluding hydrogens is 250 g/mol. The Balaban J connectivity index is 2.05. The van der Waals surface area contributed by atoms with Crippen LogP contribution in [0.2, 0.25) is 0 Å². The van der Waals surface area contributed by atoms with Gasteiger partial charge in [0.25, 0.3) is 0 Å². The molecule has 2 aromatic rings. The Bertz CT molecular complexity index is 675. The summed E-state index contributed by atoms with van der Waals surface area (Å²) in [5.74, 6) is 0.730. The van der Waals surface area contributed by atoms with Crippen LogP contribution in [0.5, 0.6) is 0 Å². The number of pyridine rings is 1. The van der Waals surface area contributed by atoms with Crippen LogP contribution in [0.4, 0.5) is 0 Å². The summed E-state index contributed by atoms with van der Waals surface area (Å²) in [6.45, 7) is 6.19. The van der Waals surface area contributed by atoms with Crippen LogP contribution in [-0.2, 0) is 6.42 Å². The summed E-state index contributed by atoms with van der Waals surface area (Å²) in [6.07, 6.45) is 4.81. The Morgan fingerprint density at radius 1 is 1.10 bits per heavy atom. The number of rotatable bonds is 1. The van der Waals surface area contributed by atoms with Crippen molar-refractivity contribution < 1.29 is 4.79 Å². The second kappa shape index (κ2) is 4.47. The van der Waals surface area contributed by atoms with Crippen LogP contribution in [0.25, 0.3) is 11.5 Å². The molecule has 4 nitrogen and oxygen atoms in total. The molecule has 0 aromatic carbocycles. The monoisotopic (exact) mass is 267 g/mol. The van der Waals surface area contributed by atoms with Gasteiger partial charge in [-0.1, -0.05) is 19.9 Å². The van der Waals surface area contributed by atoms with E-state index in [0.717, 1.165) is 23.4 Å². The summed E-state index contributed by atoms with van der Waals surface area (Å²) in [4.78, 5) is 25.3. The lowest BCUT2D eigenvalue weighted by Crippen LogP contribution is -2.28. The summed E-state index contributed by atoms with van der Waals surface area (Å²) < 4.78 is 0. The Labute approximate surface area is 118 Å². The molecular formula is C16H17N3O. The summed E-state index contributed by atoms with van der Waals surface area (Å²) in [5.41, 5.74) is 3.33. The lowest BCUT2D eigenvalue weighted by Gasteiger charge is -2.29. The van der Waals surface area contributed by atoms with Gasteiger partial charge in [-0.3, -0.25) is 9.78 Å². The molecule has 2 aromatic heterocycles. The van der Waals surface area contributed by atoms with E-state index in [1.54, 1.807) is 12.4 Å². The smallest absolute Gasteiger partial charge is 0.178 e. The van der Waals surface area contributed by atoms with Gasteiger partial charge in [0.2, 0.25) is 0 Å². The molecule has 0 amide bonds. The number of nitrogens with zero attached hydrogens (tertiary/aromatic N) is 3. The van der Waals surface area contributed by atoms with Gasteiger partial charge >= 0.3 is 0 Å². The fourth-order valence-electron chi connectivity index (χ4n) is 2.55. The van der Waals surface area contributed by atoms with Crippen molar-refractivity contribution in [1.82, 2.24) is 15.0 Å². The SMILES string of the molecule is Cc1ccc(-c2ncc3c(n2)CC(C)(C)CC3=O)nc1. The maximum Gasteiger partial charge on any atom is 0.178 e. The fraction of sp³-hybridized carbons (Fsp3) is 0.375. The maximum absolute atomic E-state index is 12.1. The van der Waals surface area contributed by atoms with E-state index >= 15 is 0 Å². The van der Waals surface area contributed by atoms with Gasteiger partial charge in [-0.2, -0.15) is 0 Å². The quantitative estimate of drug-likeness (QED) is 0.797. The molecule has 0 spiro atoms. The number of hydrogen-bond acceptors (Lipinski definition) is 4. The average Bonchev–Trinajstić information content (AvgIpc) is 2.37. The first kappa shape index (κ1) is 12.9. The number of carbonyl (C=O) groups excluding carboxylic acids is 1. The van der Waals surface area contributed by atoms with E-state index in [9.17, 15) is 4.79 Å². The number of carbonyl (C=O) groups is 1. The van der Waals surface area contributed by atoms with Crippen molar-refractivity contribution in [1.29, 1.82) is 0 Å². The number of fused-ring (bicyclic) bond motifs is 1. The molecule has 1 aliphatic carbocycles. The van der Waals surface area contributed by atoms with Crippen LogP contribution < -0.4 is 0 Å². The molecule has 4 heteroatoms. The molecule has 0 fully saturated rings. The Morgan fingerprint density at radius 3 is 2.60 bits per heavy atom. The standard InChI is InChI=1S/C16H17N3O/c1-10-4-5-12(17-8-10)15-18-9-11-13(19-15)6-16(2,3)7-14(11)20/h4-5,8-9H,6-7H2,1-3H3. The third-order valence-electron chi connectivity index (χ3n) is 3.59. The second-order valence-corrected chi connectivity index (χ2v) is 6.22. The number of aryl methyl sites for hydroxylation is 1. The van der Waals surface area contributed by atoms with E-state index in [1.807, 2.05) is 19.1 Å². The zero-order chi connectivity index (χ0) is 14.3. The van der Waals surface area contributed by atoms with Crippen LogP contribution in [-0.4, -0.2) is 20.7 Å².